The predicted octanol–water partition coefficient (Wildman–Crippen LogP) is 4.29. The van der Waals surface area contributed by atoms with Crippen LogP contribution < -0.4 is 14.8 Å². The van der Waals surface area contributed by atoms with Crippen molar-refractivity contribution in [1.29, 1.82) is 0 Å². The average Bonchev–Trinajstić information content (AvgIpc) is 2.80. The summed E-state index contributed by atoms with van der Waals surface area (Å²) in [6.07, 6.45) is 2.83. The van der Waals surface area contributed by atoms with Crippen LogP contribution in [0.5, 0.6) is 11.5 Å². The van der Waals surface area contributed by atoms with Gasteiger partial charge in [0.1, 0.15) is 11.5 Å². The summed E-state index contributed by atoms with van der Waals surface area (Å²) in [6, 6.07) is 19.0. The molecule has 0 aliphatic carbocycles. The molecular weight excluding hydrogens is 394 g/mol. The van der Waals surface area contributed by atoms with E-state index in [-0.39, 0.29) is 18.6 Å². The number of fused-ring (bicyclic) bond motifs is 1. The van der Waals surface area contributed by atoms with E-state index in [1.165, 1.54) is 6.08 Å². The van der Waals surface area contributed by atoms with Crippen LogP contribution in [-0.2, 0) is 14.3 Å². The molecular formula is C25H25NO5. The molecule has 3 rings (SSSR count). The Morgan fingerprint density at radius 2 is 1.65 bits per heavy atom. The molecule has 0 aliphatic heterocycles. The Morgan fingerprint density at radius 3 is 2.35 bits per heavy atom. The smallest absolute Gasteiger partial charge is 0.331 e. The SMILES string of the molecule is COc1cc(/C=C/C(=O)OCC(=O)N[C@H](C)c2cccc3ccccc23)cc(OC)c1. The summed E-state index contributed by atoms with van der Waals surface area (Å²) in [7, 11) is 3.10. The zero-order valence-electron chi connectivity index (χ0n) is 17.8. The van der Waals surface area contributed by atoms with Gasteiger partial charge in [-0.05, 0) is 47.0 Å². The third-order valence-corrected chi connectivity index (χ3v) is 4.80. The number of nitrogens with one attached hydrogen (secondary N) is 1. The summed E-state index contributed by atoms with van der Waals surface area (Å²) in [6.45, 7) is 1.54. The molecule has 0 aromatic heterocycles. The molecule has 31 heavy (non-hydrogen) atoms. The summed E-state index contributed by atoms with van der Waals surface area (Å²) in [5.74, 6) is 0.225. The maximum absolute atomic E-state index is 12.3. The Balaban J connectivity index is 1.55. The minimum atomic E-state index is -0.616. The number of hydrogen-bond acceptors (Lipinski definition) is 5. The first kappa shape index (κ1) is 21.9. The van der Waals surface area contributed by atoms with Crippen LogP contribution in [0.1, 0.15) is 24.1 Å². The van der Waals surface area contributed by atoms with E-state index >= 15 is 0 Å². The van der Waals surface area contributed by atoms with Crippen LogP contribution in [0, 0.1) is 0 Å². The van der Waals surface area contributed by atoms with Crippen LogP contribution in [0.15, 0.2) is 66.7 Å². The normalized spacial score (nSPS) is 11.8. The van der Waals surface area contributed by atoms with Gasteiger partial charge in [-0.2, -0.15) is 0 Å². The summed E-state index contributed by atoms with van der Waals surface area (Å²) in [5, 5.41) is 5.05. The van der Waals surface area contributed by atoms with Gasteiger partial charge < -0.3 is 19.5 Å². The highest BCUT2D eigenvalue weighted by molar-refractivity contribution is 5.90. The number of methoxy groups -OCH3 is 2. The summed E-state index contributed by atoms with van der Waals surface area (Å²) < 4.78 is 15.5. The number of carbonyl (C=O) groups excluding carboxylic acids is 2. The molecule has 6 nitrogen and oxygen atoms in total. The van der Waals surface area contributed by atoms with Crippen molar-refractivity contribution in [2.24, 2.45) is 0 Å². The molecule has 6 heteroatoms. The highest BCUT2D eigenvalue weighted by Crippen LogP contribution is 2.24. The van der Waals surface area contributed by atoms with Gasteiger partial charge in [0.2, 0.25) is 0 Å². The zero-order valence-corrected chi connectivity index (χ0v) is 17.8. The van der Waals surface area contributed by atoms with Crippen LogP contribution in [0.4, 0.5) is 0 Å². The number of rotatable bonds is 8. The van der Waals surface area contributed by atoms with Crippen molar-refractivity contribution in [3.8, 4) is 11.5 Å². The Hall–Kier alpha value is -3.80. The largest absolute Gasteiger partial charge is 0.497 e. The monoisotopic (exact) mass is 419 g/mol. The molecule has 1 atom stereocenters. The summed E-state index contributed by atoms with van der Waals surface area (Å²) in [4.78, 5) is 24.3. The quantitative estimate of drug-likeness (QED) is 0.436. The third-order valence-electron chi connectivity index (χ3n) is 4.80. The van der Waals surface area contributed by atoms with Gasteiger partial charge in [-0.25, -0.2) is 4.79 Å². The van der Waals surface area contributed by atoms with Crippen molar-refractivity contribution in [2.75, 3.05) is 20.8 Å². The second-order valence-corrected chi connectivity index (χ2v) is 6.94. The molecule has 160 valence electrons. The minimum Gasteiger partial charge on any atom is -0.497 e. The number of ether oxygens (including phenoxy) is 3. The molecule has 0 fully saturated rings. The number of amides is 1. The Kier molecular flexibility index (Phi) is 7.27. The Labute approximate surface area is 181 Å². The van der Waals surface area contributed by atoms with Crippen molar-refractivity contribution >= 4 is 28.7 Å². The highest BCUT2D eigenvalue weighted by atomic mass is 16.5. The second-order valence-electron chi connectivity index (χ2n) is 6.94. The number of esters is 1. The maximum atomic E-state index is 12.3. The van der Waals surface area contributed by atoms with E-state index in [2.05, 4.69) is 5.32 Å². The Morgan fingerprint density at radius 1 is 0.968 bits per heavy atom. The molecule has 0 radical (unpaired) electrons. The van der Waals surface area contributed by atoms with Gasteiger partial charge in [0.15, 0.2) is 6.61 Å². The van der Waals surface area contributed by atoms with Gasteiger partial charge in [-0.3, -0.25) is 4.79 Å². The molecule has 0 bridgehead atoms. The first-order valence-corrected chi connectivity index (χ1v) is 9.85. The molecule has 3 aromatic carbocycles. The lowest BCUT2D eigenvalue weighted by atomic mass is 10.00. The number of carbonyl (C=O) groups is 2. The lowest BCUT2D eigenvalue weighted by Gasteiger charge is -2.16. The molecule has 3 aromatic rings. The lowest BCUT2D eigenvalue weighted by molar-refractivity contribution is -0.144. The molecule has 0 aliphatic rings. The first-order chi connectivity index (χ1) is 15.0. The molecule has 0 spiro atoms. The van der Waals surface area contributed by atoms with Gasteiger partial charge in [-0.1, -0.05) is 42.5 Å². The molecule has 0 unspecified atom stereocenters. The third kappa shape index (κ3) is 5.85. The minimum absolute atomic E-state index is 0.225. The first-order valence-electron chi connectivity index (χ1n) is 9.85. The Bertz CT molecular complexity index is 1080. The maximum Gasteiger partial charge on any atom is 0.331 e. The highest BCUT2D eigenvalue weighted by Gasteiger charge is 2.13. The number of benzene rings is 3. The fraction of sp³-hybridized carbons (Fsp3) is 0.200. The van der Waals surface area contributed by atoms with Crippen LogP contribution in [-0.4, -0.2) is 32.7 Å². The number of hydrogen-bond donors (Lipinski definition) is 1. The standard InChI is InChI=1S/C25H25NO5/c1-17(22-10-6-8-19-7-4-5-9-23(19)22)26-24(27)16-31-25(28)12-11-18-13-20(29-2)15-21(14-18)30-3/h4-15,17H,16H2,1-3H3,(H,26,27)/b12-11+/t17-/m1/s1. The summed E-state index contributed by atoms with van der Waals surface area (Å²) >= 11 is 0. The van der Waals surface area contributed by atoms with Gasteiger partial charge >= 0.3 is 5.97 Å². The van der Waals surface area contributed by atoms with Gasteiger partial charge in [0.25, 0.3) is 5.91 Å². The molecule has 0 saturated heterocycles. The van der Waals surface area contributed by atoms with Crippen molar-refractivity contribution in [2.45, 2.75) is 13.0 Å². The zero-order chi connectivity index (χ0) is 22.2. The van der Waals surface area contributed by atoms with E-state index in [1.807, 2.05) is 49.4 Å². The summed E-state index contributed by atoms with van der Waals surface area (Å²) in [5.41, 5.74) is 1.71. The van der Waals surface area contributed by atoms with Crippen LogP contribution >= 0.6 is 0 Å². The van der Waals surface area contributed by atoms with Gasteiger partial charge in [0, 0.05) is 12.1 Å². The molecule has 1 amide bonds. The van der Waals surface area contributed by atoms with Crippen LogP contribution in [0.25, 0.3) is 16.8 Å². The topological polar surface area (TPSA) is 73.9 Å². The molecule has 1 N–H and O–H groups in total. The van der Waals surface area contributed by atoms with Crippen molar-refractivity contribution in [3.63, 3.8) is 0 Å². The van der Waals surface area contributed by atoms with E-state index < -0.39 is 5.97 Å². The second kappa shape index (κ2) is 10.3. The predicted molar refractivity (Wildman–Crippen MR) is 120 cm³/mol. The fourth-order valence-corrected chi connectivity index (χ4v) is 3.26. The van der Waals surface area contributed by atoms with Crippen molar-refractivity contribution < 1.29 is 23.8 Å². The van der Waals surface area contributed by atoms with E-state index in [0.29, 0.717) is 17.1 Å². The molecule has 0 saturated carbocycles. The van der Waals surface area contributed by atoms with Crippen LogP contribution in [0.3, 0.4) is 0 Å². The molecule has 0 heterocycles. The van der Waals surface area contributed by atoms with E-state index in [4.69, 9.17) is 14.2 Å². The van der Waals surface area contributed by atoms with Crippen molar-refractivity contribution in [3.05, 3.63) is 77.9 Å². The van der Waals surface area contributed by atoms with E-state index in [1.54, 1.807) is 38.5 Å². The fourth-order valence-electron chi connectivity index (χ4n) is 3.26. The van der Waals surface area contributed by atoms with Gasteiger partial charge in [0.05, 0.1) is 20.3 Å². The van der Waals surface area contributed by atoms with Gasteiger partial charge in [-0.15, -0.1) is 0 Å². The van der Waals surface area contributed by atoms with Crippen molar-refractivity contribution in [1.82, 2.24) is 5.32 Å². The lowest BCUT2D eigenvalue weighted by Crippen LogP contribution is -2.31. The van der Waals surface area contributed by atoms with E-state index in [0.717, 1.165) is 16.3 Å². The van der Waals surface area contributed by atoms with Crippen LogP contribution in [0.2, 0.25) is 0 Å². The van der Waals surface area contributed by atoms with E-state index in [9.17, 15) is 9.59 Å². The average molecular weight is 419 g/mol.